The van der Waals surface area contributed by atoms with Crippen LogP contribution in [0.15, 0.2) is 0 Å². The van der Waals surface area contributed by atoms with Gasteiger partial charge in [-0.05, 0) is 6.42 Å². The van der Waals surface area contributed by atoms with Gasteiger partial charge in [-0.1, -0.05) is 19.1 Å². The van der Waals surface area contributed by atoms with Crippen molar-refractivity contribution in [2.24, 2.45) is 5.73 Å². The molecule has 0 heterocycles. The summed E-state index contributed by atoms with van der Waals surface area (Å²) in [6.45, 7) is 1.90. The number of ether oxygens (including phenoxy) is 1. The van der Waals surface area contributed by atoms with E-state index in [1.807, 2.05) is 0 Å². The number of hydrogen-bond donors (Lipinski definition) is 2. The summed E-state index contributed by atoms with van der Waals surface area (Å²) >= 11 is 4.76. The third-order valence-corrected chi connectivity index (χ3v) is 5.13. The quantitative estimate of drug-likeness (QED) is 0.545. The average Bonchev–Trinajstić information content (AvgIpc) is 2.23. The Kier molecular flexibility index (Phi) is 7.80. The molecule has 102 valence electrons. The lowest BCUT2D eigenvalue weighted by molar-refractivity contribution is 0.168. The molecule has 0 aliphatic heterocycles. The van der Waals surface area contributed by atoms with Crippen LogP contribution in [0, 0.1) is 0 Å². The van der Waals surface area contributed by atoms with Crippen LogP contribution in [0.2, 0.25) is 0 Å². The Labute approximate surface area is 108 Å². The predicted octanol–water partition coefficient (Wildman–Crippen LogP) is -0.678. The van der Waals surface area contributed by atoms with E-state index in [9.17, 15) is 8.42 Å². The maximum absolute atomic E-state index is 12.2. The summed E-state index contributed by atoms with van der Waals surface area (Å²) in [4.78, 5) is -0.0483. The lowest BCUT2D eigenvalue weighted by Gasteiger charge is -2.25. The Morgan fingerprint density at radius 2 is 2.12 bits per heavy atom. The normalized spacial score (nSPS) is 13.9. The zero-order valence-electron chi connectivity index (χ0n) is 10.1. The highest BCUT2D eigenvalue weighted by atomic mass is 32.2. The molecule has 0 bridgehead atoms. The zero-order chi connectivity index (χ0) is 13.5. The van der Waals surface area contributed by atoms with E-state index >= 15 is 0 Å². The van der Waals surface area contributed by atoms with Crippen molar-refractivity contribution in [3.05, 3.63) is 0 Å². The summed E-state index contributed by atoms with van der Waals surface area (Å²) in [7, 11) is -2.14. The molecule has 0 aliphatic rings. The predicted molar refractivity (Wildman–Crippen MR) is 70.3 cm³/mol. The van der Waals surface area contributed by atoms with Crippen LogP contribution in [-0.2, 0) is 14.8 Å². The molecule has 8 heteroatoms. The summed E-state index contributed by atoms with van der Waals surface area (Å²) in [6.07, 6.45) is 0.312. The molecule has 6 nitrogen and oxygen atoms in total. The van der Waals surface area contributed by atoms with Gasteiger partial charge in [0.25, 0.3) is 0 Å². The standard InChI is InChI=1S/C9H20N2O4S2/c1-3-8(9(10)16)17(13,14)11(4-6-12)5-7-15-2/h8,12H,3-7H2,1-2H3,(H2,10,16). The van der Waals surface area contributed by atoms with Crippen molar-refractivity contribution in [1.82, 2.24) is 4.31 Å². The fraction of sp³-hybridized carbons (Fsp3) is 0.889. The zero-order valence-corrected chi connectivity index (χ0v) is 11.8. The molecule has 0 aromatic carbocycles. The Bertz CT molecular complexity index is 332. The maximum Gasteiger partial charge on any atom is 0.223 e. The van der Waals surface area contributed by atoms with Gasteiger partial charge in [0.1, 0.15) is 5.25 Å². The lowest BCUT2D eigenvalue weighted by Crippen LogP contribution is -2.46. The highest BCUT2D eigenvalue weighted by Crippen LogP contribution is 2.12. The summed E-state index contributed by atoms with van der Waals surface area (Å²) in [5.74, 6) is 0. The minimum Gasteiger partial charge on any atom is -0.395 e. The van der Waals surface area contributed by atoms with Gasteiger partial charge < -0.3 is 15.6 Å². The largest absolute Gasteiger partial charge is 0.395 e. The van der Waals surface area contributed by atoms with Crippen molar-refractivity contribution < 1.29 is 18.3 Å². The lowest BCUT2D eigenvalue weighted by atomic mass is 10.3. The van der Waals surface area contributed by atoms with Crippen molar-refractivity contribution in [3.8, 4) is 0 Å². The Morgan fingerprint density at radius 1 is 1.53 bits per heavy atom. The van der Waals surface area contributed by atoms with E-state index in [1.54, 1.807) is 6.92 Å². The van der Waals surface area contributed by atoms with Gasteiger partial charge in [-0.3, -0.25) is 0 Å². The summed E-state index contributed by atoms with van der Waals surface area (Å²) in [5, 5.41) is 7.99. The van der Waals surface area contributed by atoms with Crippen molar-refractivity contribution in [2.45, 2.75) is 18.6 Å². The van der Waals surface area contributed by atoms with Gasteiger partial charge in [-0.2, -0.15) is 4.31 Å². The molecule has 0 rings (SSSR count). The molecule has 0 fully saturated rings. The van der Waals surface area contributed by atoms with E-state index in [1.165, 1.54) is 7.11 Å². The van der Waals surface area contributed by atoms with Crippen molar-refractivity contribution >= 4 is 27.2 Å². The van der Waals surface area contributed by atoms with Gasteiger partial charge >= 0.3 is 0 Å². The minimum atomic E-state index is -3.62. The van der Waals surface area contributed by atoms with Crippen LogP contribution in [0.1, 0.15) is 13.3 Å². The number of nitrogens with zero attached hydrogens (tertiary/aromatic N) is 1. The molecule has 0 aromatic heterocycles. The summed E-state index contributed by atoms with van der Waals surface area (Å²) in [6, 6.07) is 0. The highest BCUT2D eigenvalue weighted by molar-refractivity contribution is 7.92. The van der Waals surface area contributed by atoms with Gasteiger partial charge in [0.2, 0.25) is 10.0 Å². The van der Waals surface area contributed by atoms with Crippen LogP contribution < -0.4 is 5.73 Å². The molecule has 0 amide bonds. The third kappa shape index (κ3) is 4.84. The van der Waals surface area contributed by atoms with Crippen molar-refractivity contribution in [2.75, 3.05) is 33.4 Å². The number of methoxy groups -OCH3 is 1. The second-order valence-electron chi connectivity index (χ2n) is 3.46. The first-order valence-electron chi connectivity index (χ1n) is 5.29. The molecule has 0 radical (unpaired) electrons. The Morgan fingerprint density at radius 3 is 2.47 bits per heavy atom. The van der Waals surface area contributed by atoms with E-state index < -0.39 is 15.3 Å². The smallest absolute Gasteiger partial charge is 0.223 e. The molecule has 0 aliphatic carbocycles. The molecule has 0 saturated carbocycles. The number of thiocarbonyl (C=S) groups is 1. The second-order valence-corrected chi connectivity index (χ2v) is 6.05. The molecular weight excluding hydrogens is 264 g/mol. The molecule has 17 heavy (non-hydrogen) atoms. The van der Waals surface area contributed by atoms with Crippen LogP contribution >= 0.6 is 12.2 Å². The van der Waals surface area contributed by atoms with Gasteiger partial charge in [0.05, 0.1) is 18.2 Å². The SMILES string of the molecule is CCC(C(N)=S)S(=O)(=O)N(CCO)CCOC. The van der Waals surface area contributed by atoms with Gasteiger partial charge in [0.15, 0.2) is 0 Å². The fourth-order valence-corrected chi connectivity index (χ4v) is 3.68. The molecule has 1 unspecified atom stereocenters. The number of hydrogen-bond acceptors (Lipinski definition) is 5. The number of sulfonamides is 1. The first kappa shape index (κ1) is 16.7. The maximum atomic E-state index is 12.2. The number of aliphatic hydroxyl groups is 1. The summed E-state index contributed by atoms with van der Waals surface area (Å²) < 4.78 is 30.4. The Balaban J connectivity index is 4.98. The minimum absolute atomic E-state index is 0.0187. The van der Waals surface area contributed by atoms with E-state index in [4.69, 9.17) is 27.8 Å². The topological polar surface area (TPSA) is 92.9 Å². The fourth-order valence-electron chi connectivity index (χ4n) is 1.41. The van der Waals surface area contributed by atoms with E-state index in [0.717, 1.165) is 4.31 Å². The van der Waals surface area contributed by atoms with Gasteiger partial charge in [-0.15, -0.1) is 0 Å². The van der Waals surface area contributed by atoms with E-state index in [-0.39, 0.29) is 31.3 Å². The monoisotopic (exact) mass is 284 g/mol. The second kappa shape index (κ2) is 7.93. The first-order valence-corrected chi connectivity index (χ1v) is 7.21. The first-order chi connectivity index (χ1) is 7.91. The molecule has 3 N–H and O–H groups in total. The van der Waals surface area contributed by atoms with Gasteiger partial charge in [0, 0.05) is 20.2 Å². The molecule has 0 saturated heterocycles. The third-order valence-electron chi connectivity index (χ3n) is 2.30. The van der Waals surface area contributed by atoms with Crippen molar-refractivity contribution in [1.29, 1.82) is 0 Å². The summed E-state index contributed by atoms with van der Waals surface area (Å²) in [5.41, 5.74) is 5.43. The average molecular weight is 284 g/mol. The molecule has 0 spiro atoms. The van der Waals surface area contributed by atoms with Crippen LogP contribution in [0.4, 0.5) is 0 Å². The number of aliphatic hydroxyl groups excluding tert-OH is 1. The van der Waals surface area contributed by atoms with E-state index in [2.05, 4.69) is 0 Å². The Hall–Kier alpha value is -0.280. The van der Waals surface area contributed by atoms with Crippen LogP contribution in [0.25, 0.3) is 0 Å². The van der Waals surface area contributed by atoms with Crippen LogP contribution in [0.5, 0.6) is 0 Å². The van der Waals surface area contributed by atoms with Crippen LogP contribution in [0.3, 0.4) is 0 Å². The van der Waals surface area contributed by atoms with Gasteiger partial charge in [-0.25, -0.2) is 8.42 Å². The molecule has 1 atom stereocenters. The van der Waals surface area contributed by atoms with E-state index in [0.29, 0.717) is 6.42 Å². The molecular formula is C9H20N2O4S2. The van der Waals surface area contributed by atoms with Crippen LogP contribution in [-0.4, -0.2) is 61.5 Å². The molecule has 0 aromatic rings. The van der Waals surface area contributed by atoms with Crippen molar-refractivity contribution in [3.63, 3.8) is 0 Å². The highest BCUT2D eigenvalue weighted by Gasteiger charge is 2.32. The number of nitrogens with two attached hydrogens (primary N) is 1. The number of rotatable bonds is 9.